The van der Waals surface area contributed by atoms with Crippen LogP contribution < -0.4 is 10.9 Å². The maximum absolute atomic E-state index is 10.9. The Hall–Kier alpha value is -1.23. The van der Waals surface area contributed by atoms with Crippen molar-refractivity contribution in [2.24, 2.45) is 0 Å². The normalized spacial score (nSPS) is 9.29. The van der Waals surface area contributed by atoms with Gasteiger partial charge in [0.25, 0.3) is 0 Å². The van der Waals surface area contributed by atoms with Gasteiger partial charge in [0.1, 0.15) is 0 Å². The van der Waals surface area contributed by atoms with Crippen molar-refractivity contribution in [3.8, 4) is 0 Å². The SMILES string of the molecule is CCOC(=O)NNc1ccc(Br)cc1. The zero-order valence-corrected chi connectivity index (χ0v) is 9.30. The first-order valence-electron chi connectivity index (χ1n) is 4.16. The predicted octanol–water partition coefficient (Wildman–Crippen LogP) is 2.52. The van der Waals surface area contributed by atoms with Crippen molar-refractivity contribution < 1.29 is 9.53 Å². The zero-order chi connectivity index (χ0) is 10.4. The molecule has 0 aromatic heterocycles. The summed E-state index contributed by atoms with van der Waals surface area (Å²) >= 11 is 3.31. The number of hydrazine groups is 1. The lowest BCUT2D eigenvalue weighted by atomic mass is 10.3. The third kappa shape index (κ3) is 3.66. The first kappa shape index (κ1) is 10.8. The molecule has 0 atom stereocenters. The number of hydrogen-bond donors (Lipinski definition) is 2. The summed E-state index contributed by atoms with van der Waals surface area (Å²) in [6, 6.07) is 7.40. The lowest BCUT2D eigenvalue weighted by molar-refractivity contribution is 0.154. The van der Waals surface area contributed by atoms with Crippen LogP contribution in [0.2, 0.25) is 0 Å². The molecule has 76 valence electrons. The summed E-state index contributed by atoms with van der Waals surface area (Å²) in [6.07, 6.45) is -0.490. The van der Waals surface area contributed by atoms with E-state index in [0.717, 1.165) is 10.2 Å². The minimum atomic E-state index is -0.490. The molecule has 2 N–H and O–H groups in total. The molecule has 0 spiro atoms. The van der Waals surface area contributed by atoms with Crippen molar-refractivity contribution >= 4 is 27.7 Å². The van der Waals surface area contributed by atoms with Crippen molar-refractivity contribution in [1.82, 2.24) is 5.43 Å². The van der Waals surface area contributed by atoms with E-state index in [4.69, 9.17) is 0 Å². The van der Waals surface area contributed by atoms with E-state index in [9.17, 15) is 4.79 Å². The summed E-state index contributed by atoms with van der Waals surface area (Å²) in [7, 11) is 0. The Labute approximate surface area is 90.7 Å². The molecule has 4 nitrogen and oxygen atoms in total. The van der Waals surface area contributed by atoms with Gasteiger partial charge in [-0.1, -0.05) is 15.9 Å². The molecule has 0 aliphatic heterocycles. The molecule has 1 rings (SSSR count). The third-order valence-corrected chi connectivity index (χ3v) is 1.96. The molecule has 0 fully saturated rings. The van der Waals surface area contributed by atoms with E-state index in [0.29, 0.717) is 6.61 Å². The highest BCUT2D eigenvalue weighted by Crippen LogP contribution is 2.12. The lowest BCUT2D eigenvalue weighted by Crippen LogP contribution is -2.29. The van der Waals surface area contributed by atoms with Crippen LogP contribution in [0, 0.1) is 0 Å². The molecule has 0 heterocycles. The van der Waals surface area contributed by atoms with Crippen LogP contribution in [0.25, 0.3) is 0 Å². The summed E-state index contributed by atoms with van der Waals surface area (Å²) in [5.41, 5.74) is 5.90. The largest absolute Gasteiger partial charge is 0.449 e. The predicted molar refractivity (Wildman–Crippen MR) is 57.9 cm³/mol. The average molecular weight is 259 g/mol. The second-order valence-electron chi connectivity index (χ2n) is 2.48. The Morgan fingerprint density at radius 1 is 1.43 bits per heavy atom. The number of nitrogens with one attached hydrogen (secondary N) is 2. The monoisotopic (exact) mass is 258 g/mol. The number of ether oxygens (including phenoxy) is 1. The van der Waals surface area contributed by atoms with Crippen LogP contribution in [0.1, 0.15) is 6.92 Å². The molecule has 0 saturated carbocycles. The van der Waals surface area contributed by atoms with Gasteiger partial charge in [-0.2, -0.15) is 0 Å². The molecule has 1 aromatic carbocycles. The summed E-state index contributed by atoms with van der Waals surface area (Å²) in [4.78, 5) is 10.9. The highest BCUT2D eigenvalue weighted by atomic mass is 79.9. The molecule has 0 aliphatic rings. The van der Waals surface area contributed by atoms with E-state index in [-0.39, 0.29) is 0 Å². The molecule has 0 radical (unpaired) electrons. The van der Waals surface area contributed by atoms with E-state index in [1.54, 1.807) is 6.92 Å². The van der Waals surface area contributed by atoms with Gasteiger partial charge in [0.15, 0.2) is 0 Å². The van der Waals surface area contributed by atoms with Gasteiger partial charge in [0, 0.05) is 4.47 Å². The molecule has 5 heteroatoms. The number of benzene rings is 1. The fraction of sp³-hybridized carbons (Fsp3) is 0.222. The van der Waals surface area contributed by atoms with Crippen molar-refractivity contribution in [2.75, 3.05) is 12.0 Å². The lowest BCUT2D eigenvalue weighted by Gasteiger charge is -2.07. The van der Waals surface area contributed by atoms with Gasteiger partial charge in [-0.05, 0) is 31.2 Å². The molecule has 0 saturated heterocycles. The zero-order valence-electron chi connectivity index (χ0n) is 7.71. The highest BCUT2D eigenvalue weighted by molar-refractivity contribution is 9.10. The van der Waals surface area contributed by atoms with Gasteiger partial charge in [0.05, 0.1) is 12.3 Å². The average Bonchev–Trinajstić information content (AvgIpc) is 2.17. The Balaban J connectivity index is 2.38. The molecule has 0 bridgehead atoms. The van der Waals surface area contributed by atoms with E-state index in [2.05, 4.69) is 31.5 Å². The van der Waals surface area contributed by atoms with Gasteiger partial charge in [-0.25, -0.2) is 10.2 Å². The summed E-state index contributed by atoms with van der Waals surface area (Å²) in [6.45, 7) is 2.10. The molecule has 14 heavy (non-hydrogen) atoms. The van der Waals surface area contributed by atoms with Crippen molar-refractivity contribution in [3.63, 3.8) is 0 Å². The smallest absolute Gasteiger partial charge is 0.425 e. The van der Waals surface area contributed by atoms with Gasteiger partial charge in [-0.15, -0.1) is 0 Å². The van der Waals surface area contributed by atoms with Crippen LogP contribution in [-0.4, -0.2) is 12.7 Å². The van der Waals surface area contributed by atoms with Crippen LogP contribution >= 0.6 is 15.9 Å². The maximum atomic E-state index is 10.9. The van der Waals surface area contributed by atoms with Gasteiger partial charge in [-0.3, -0.25) is 5.43 Å². The topological polar surface area (TPSA) is 50.4 Å². The molecule has 1 amide bonds. The number of rotatable bonds is 3. The summed E-state index contributed by atoms with van der Waals surface area (Å²) in [5, 5.41) is 0. The quantitative estimate of drug-likeness (QED) is 0.820. The van der Waals surface area contributed by atoms with E-state index < -0.39 is 6.09 Å². The minimum Gasteiger partial charge on any atom is -0.449 e. The number of anilines is 1. The first-order chi connectivity index (χ1) is 6.72. The maximum Gasteiger partial charge on any atom is 0.425 e. The van der Waals surface area contributed by atoms with Gasteiger partial charge in [0.2, 0.25) is 0 Å². The number of carbonyl (C=O) groups excluding carboxylic acids is 1. The van der Waals surface area contributed by atoms with E-state index in [1.165, 1.54) is 0 Å². The van der Waals surface area contributed by atoms with Crippen LogP contribution in [0.15, 0.2) is 28.7 Å². The second-order valence-corrected chi connectivity index (χ2v) is 3.39. The fourth-order valence-electron chi connectivity index (χ4n) is 0.824. The third-order valence-electron chi connectivity index (χ3n) is 1.43. The standard InChI is InChI=1S/C9H11BrN2O2/c1-2-14-9(13)12-11-8-5-3-7(10)4-6-8/h3-6,11H,2H2,1H3,(H,12,13). The van der Waals surface area contributed by atoms with Gasteiger partial charge < -0.3 is 4.74 Å². The molecule has 1 aromatic rings. The van der Waals surface area contributed by atoms with E-state index >= 15 is 0 Å². The fourth-order valence-corrected chi connectivity index (χ4v) is 1.09. The van der Waals surface area contributed by atoms with Crippen molar-refractivity contribution in [2.45, 2.75) is 6.92 Å². The molecular formula is C9H11BrN2O2. The number of amides is 1. The highest BCUT2D eigenvalue weighted by Gasteiger charge is 1.98. The second kappa shape index (κ2) is 5.49. The molecular weight excluding hydrogens is 248 g/mol. The van der Waals surface area contributed by atoms with Crippen molar-refractivity contribution in [3.05, 3.63) is 28.7 Å². The Kier molecular flexibility index (Phi) is 4.25. The number of hydrogen-bond acceptors (Lipinski definition) is 3. The Morgan fingerprint density at radius 2 is 2.07 bits per heavy atom. The summed E-state index contributed by atoms with van der Waals surface area (Å²) in [5.74, 6) is 0. The van der Waals surface area contributed by atoms with Crippen LogP contribution in [-0.2, 0) is 4.74 Å². The minimum absolute atomic E-state index is 0.355. The van der Waals surface area contributed by atoms with Gasteiger partial charge >= 0.3 is 6.09 Å². The van der Waals surface area contributed by atoms with Crippen LogP contribution in [0.3, 0.4) is 0 Å². The summed E-state index contributed by atoms with van der Waals surface area (Å²) < 4.78 is 5.65. The number of halogens is 1. The van der Waals surface area contributed by atoms with Crippen molar-refractivity contribution in [1.29, 1.82) is 0 Å². The molecule has 0 unspecified atom stereocenters. The van der Waals surface area contributed by atoms with Crippen LogP contribution in [0.4, 0.5) is 10.5 Å². The van der Waals surface area contributed by atoms with E-state index in [1.807, 2.05) is 24.3 Å². The Bertz CT molecular complexity index is 300. The first-order valence-corrected chi connectivity index (χ1v) is 4.96. The van der Waals surface area contributed by atoms with Crippen LogP contribution in [0.5, 0.6) is 0 Å². The Morgan fingerprint density at radius 3 is 2.64 bits per heavy atom. The number of carbonyl (C=O) groups is 1. The molecule has 0 aliphatic carbocycles.